The number of alkyl halides is 3. The quantitative estimate of drug-likeness (QED) is 0.688. The van der Waals surface area contributed by atoms with Crippen LogP contribution in [0.5, 0.6) is 0 Å². The van der Waals surface area contributed by atoms with Crippen LogP contribution in [0, 0.1) is 0 Å². The van der Waals surface area contributed by atoms with E-state index in [1.807, 2.05) is 0 Å². The summed E-state index contributed by atoms with van der Waals surface area (Å²) >= 11 is 0. The molecule has 0 saturated heterocycles. The van der Waals surface area contributed by atoms with E-state index in [9.17, 15) is 22.8 Å². The van der Waals surface area contributed by atoms with Crippen molar-refractivity contribution in [1.82, 2.24) is 9.97 Å². The summed E-state index contributed by atoms with van der Waals surface area (Å²) in [6.45, 7) is 0. The van der Waals surface area contributed by atoms with Crippen LogP contribution in [0.4, 0.5) is 18.9 Å². The Kier molecular flexibility index (Phi) is 3.88. The number of halogens is 3. The van der Waals surface area contributed by atoms with Crippen molar-refractivity contribution in [2.24, 2.45) is 0 Å². The van der Waals surface area contributed by atoms with Crippen molar-refractivity contribution in [2.75, 3.05) is 5.32 Å². The molecule has 124 valence electrons. The lowest BCUT2D eigenvalue weighted by atomic mass is 10.1. The molecule has 0 atom stereocenters. The molecule has 24 heavy (non-hydrogen) atoms. The summed E-state index contributed by atoms with van der Waals surface area (Å²) in [5.41, 5.74) is 0.132. The van der Waals surface area contributed by atoms with Gasteiger partial charge in [-0.05, 0) is 29.8 Å². The maximum Gasteiger partial charge on any atom is 0.418 e. The molecule has 0 aliphatic carbocycles. The number of fused-ring (bicyclic) bond motifs is 1. The third-order valence-electron chi connectivity index (χ3n) is 3.45. The summed E-state index contributed by atoms with van der Waals surface area (Å²) < 4.78 is 38.7. The molecule has 8 heteroatoms. The fraction of sp³-hybridized carbons (Fsp3) is 0.125. The van der Waals surface area contributed by atoms with Crippen LogP contribution in [0.25, 0.3) is 11.0 Å². The van der Waals surface area contributed by atoms with E-state index in [0.717, 1.165) is 6.07 Å². The van der Waals surface area contributed by atoms with Gasteiger partial charge in [-0.2, -0.15) is 13.2 Å². The Morgan fingerprint density at radius 1 is 1.04 bits per heavy atom. The summed E-state index contributed by atoms with van der Waals surface area (Å²) in [5, 5.41) is 2.28. The second-order valence-corrected chi connectivity index (χ2v) is 5.23. The van der Waals surface area contributed by atoms with Crippen LogP contribution in [-0.2, 0) is 17.4 Å². The molecule has 1 heterocycles. The number of para-hydroxylation sites is 1. The summed E-state index contributed by atoms with van der Waals surface area (Å²) in [6.07, 6.45) is -4.66. The third kappa shape index (κ3) is 3.32. The number of imidazole rings is 1. The second kappa shape index (κ2) is 5.88. The van der Waals surface area contributed by atoms with E-state index < -0.39 is 17.6 Å². The number of aromatic amines is 2. The molecule has 5 nitrogen and oxygen atoms in total. The number of nitrogens with one attached hydrogen (secondary N) is 3. The van der Waals surface area contributed by atoms with E-state index >= 15 is 0 Å². The highest BCUT2D eigenvalue weighted by molar-refractivity contribution is 5.93. The van der Waals surface area contributed by atoms with Crippen molar-refractivity contribution in [3.05, 3.63) is 64.1 Å². The number of amides is 1. The Bertz CT molecular complexity index is 957. The number of anilines is 1. The molecule has 0 spiro atoms. The van der Waals surface area contributed by atoms with Gasteiger partial charge in [0.2, 0.25) is 5.91 Å². The van der Waals surface area contributed by atoms with Crippen molar-refractivity contribution in [2.45, 2.75) is 12.6 Å². The fourth-order valence-electron chi connectivity index (χ4n) is 2.41. The Morgan fingerprint density at radius 3 is 2.50 bits per heavy atom. The molecule has 0 aliphatic heterocycles. The van der Waals surface area contributed by atoms with E-state index in [0.29, 0.717) is 16.6 Å². The minimum atomic E-state index is -4.55. The zero-order valence-corrected chi connectivity index (χ0v) is 12.2. The Labute approximate surface area is 133 Å². The lowest BCUT2D eigenvalue weighted by Crippen LogP contribution is -2.18. The number of rotatable bonds is 3. The Hall–Kier alpha value is -3.03. The number of carbonyl (C=O) groups is 1. The number of benzene rings is 2. The van der Waals surface area contributed by atoms with Gasteiger partial charge in [0.05, 0.1) is 28.7 Å². The van der Waals surface area contributed by atoms with Gasteiger partial charge in [-0.25, -0.2) is 4.79 Å². The molecule has 0 unspecified atom stereocenters. The molecule has 2 aromatic carbocycles. The normalized spacial score (nSPS) is 11.6. The second-order valence-electron chi connectivity index (χ2n) is 5.23. The number of aromatic nitrogens is 2. The summed E-state index contributed by atoms with van der Waals surface area (Å²) in [7, 11) is 0. The largest absolute Gasteiger partial charge is 0.418 e. The maximum atomic E-state index is 12.9. The van der Waals surface area contributed by atoms with Crippen molar-refractivity contribution in [1.29, 1.82) is 0 Å². The lowest BCUT2D eigenvalue weighted by molar-refractivity contribution is -0.137. The number of hydrogen-bond acceptors (Lipinski definition) is 2. The van der Waals surface area contributed by atoms with Crippen molar-refractivity contribution < 1.29 is 18.0 Å². The standard InChI is InChI=1S/C16H12F3N3O2/c17-16(18,19)10-3-1-2-4-11(10)20-14(23)8-9-5-6-12-13(7-9)22-15(24)21-12/h1-7H,8H2,(H,20,23)(H2,21,22,24). The first-order valence-electron chi connectivity index (χ1n) is 7.00. The Morgan fingerprint density at radius 2 is 1.75 bits per heavy atom. The zero-order valence-electron chi connectivity index (χ0n) is 12.2. The van der Waals surface area contributed by atoms with Gasteiger partial charge in [0, 0.05) is 0 Å². The highest BCUT2D eigenvalue weighted by Crippen LogP contribution is 2.34. The van der Waals surface area contributed by atoms with Gasteiger partial charge in [-0.1, -0.05) is 18.2 Å². The van der Waals surface area contributed by atoms with Gasteiger partial charge in [-0.15, -0.1) is 0 Å². The van der Waals surface area contributed by atoms with Gasteiger partial charge in [0.15, 0.2) is 0 Å². The van der Waals surface area contributed by atoms with Crippen LogP contribution < -0.4 is 11.0 Å². The average Bonchev–Trinajstić information content (AvgIpc) is 2.86. The van der Waals surface area contributed by atoms with Gasteiger partial charge < -0.3 is 15.3 Å². The summed E-state index contributed by atoms with van der Waals surface area (Å²) in [4.78, 5) is 28.4. The van der Waals surface area contributed by atoms with Crippen molar-refractivity contribution >= 4 is 22.6 Å². The fourth-order valence-corrected chi connectivity index (χ4v) is 2.41. The zero-order chi connectivity index (χ0) is 17.3. The predicted molar refractivity (Wildman–Crippen MR) is 82.7 cm³/mol. The van der Waals surface area contributed by atoms with E-state index in [4.69, 9.17) is 0 Å². The molecule has 3 N–H and O–H groups in total. The average molecular weight is 335 g/mol. The molecular weight excluding hydrogens is 323 g/mol. The topological polar surface area (TPSA) is 77.8 Å². The maximum absolute atomic E-state index is 12.9. The van der Waals surface area contributed by atoms with E-state index in [-0.39, 0.29) is 17.8 Å². The van der Waals surface area contributed by atoms with Gasteiger partial charge in [0.1, 0.15) is 0 Å². The van der Waals surface area contributed by atoms with Crippen LogP contribution in [0.2, 0.25) is 0 Å². The molecule has 0 fully saturated rings. The molecule has 0 bridgehead atoms. The minimum absolute atomic E-state index is 0.116. The van der Waals surface area contributed by atoms with Gasteiger partial charge in [0.25, 0.3) is 0 Å². The number of hydrogen-bond donors (Lipinski definition) is 3. The third-order valence-corrected chi connectivity index (χ3v) is 3.45. The van der Waals surface area contributed by atoms with Gasteiger partial charge in [-0.3, -0.25) is 4.79 Å². The monoisotopic (exact) mass is 335 g/mol. The molecule has 3 aromatic rings. The van der Waals surface area contributed by atoms with E-state index in [1.54, 1.807) is 18.2 Å². The van der Waals surface area contributed by atoms with Crippen LogP contribution in [0.15, 0.2) is 47.3 Å². The first-order valence-corrected chi connectivity index (χ1v) is 7.00. The van der Waals surface area contributed by atoms with Crippen LogP contribution >= 0.6 is 0 Å². The molecule has 1 aromatic heterocycles. The van der Waals surface area contributed by atoms with Crippen molar-refractivity contribution in [3.63, 3.8) is 0 Å². The summed E-state index contributed by atoms with van der Waals surface area (Å²) in [6, 6.07) is 9.64. The summed E-state index contributed by atoms with van der Waals surface area (Å²) in [5.74, 6) is -0.580. The molecule has 0 radical (unpaired) electrons. The van der Waals surface area contributed by atoms with E-state index in [1.165, 1.54) is 18.2 Å². The van der Waals surface area contributed by atoms with Crippen molar-refractivity contribution in [3.8, 4) is 0 Å². The SMILES string of the molecule is O=C(Cc1ccc2[nH]c(=O)[nH]c2c1)Nc1ccccc1C(F)(F)F. The number of carbonyl (C=O) groups excluding carboxylic acids is 1. The highest BCUT2D eigenvalue weighted by Gasteiger charge is 2.33. The molecule has 0 aliphatic rings. The smallest absolute Gasteiger partial charge is 0.325 e. The van der Waals surface area contributed by atoms with E-state index in [2.05, 4.69) is 15.3 Å². The molecule has 1 amide bonds. The van der Waals surface area contributed by atoms with Crippen LogP contribution in [0.3, 0.4) is 0 Å². The van der Waals surface area contributed by atoms with Crippen LogP contribution in [-0.4, -0.2) is 15.9 Å². The number of H-pyrrole nitrogens is 2. The molecular formula is C16H12F3N3O2. The van der Waals surface area contributed by atoms with Crippen LogP contribution in [0.1, 0.15) is 11.1 Å². The minimum Gasteiger partial charge on any atom is -0.325 e. The Balaban J connectivity index is 1.79. The van der Waals surface area contributed by atoms with Gasteiger partial charge >= 0.3 is 11.9 Å². The lowest BCUT2D eigenvalue weighted by Gasteiger charge is -2.13. The molecule has 0 saturated carbocycles. The predicted octanol–water partition coefficient (Wildman–Crippen LogP) is 3.06. The first-order chi connectivity index (χ1) is 11.3. The first kappa shape index (κ1) is 15.9. The highest BCUT2D eigenvalue weighted by atomic mass is 19.4. The molecule has 3 rings (SSSR count).